The highest BCUT2D eigenvalue weighted by atomic mass is 79.9. The van der Waals surface area contributed by atoms with E-state index in [0.717, 1.165) is 6.07 Å². The summed E-state index contributed by atoms with van der Waals surface area (Å²) < 4.78 is 29.6. The first-order valence-corrected chi connectivity index (χ1v) is 9.43. The number of carbonyl (C=O) groups is 1. The third-order valence-corrected chi connectivity index (χ3v) is 5.46. The number of hydrogen-bond acceptors (Lipinski definition) is 2. The zero-order valence-electron chi connectivity index (χ0n) is 15.5. The molecule has 0 heterocycles. The smallest absolute Gasteiger partial charge is 0.163 e. The third-order valence-electron chi connectivity index (χ3n) is 5.00. The van der Waals surface area contributed by atoms with E-state index < -0.39 is 17.0 Å². The van der Waals surface area contributed by atoms with Crippen LogP contribution in [0.2, 0.25) is 0 Å². The summed E-state index contributed by atoms with van der Waals surface area (Å²) in [5, 5.41) is 0. The van der Waals surface area contributed by atoms with Crippen LogP contribution in [0.15, 0.2) is 46.9 Å². The minimum absolute atomic E-state index is 0. The summed E-state index contributed by atoms with van der Waals surface area (Å²) >= 11 is 3.25. The van der Waals surface area contributed by atoms with Crippen LogP contribution in [0.5, 0.6) is 0 Å². The van der Waals surface area contributed by atoms with Gasteiger partial charge in [-0.3, -0.25) is 4.79 Å². The van der Waals surface area contributed by atoms with Gasteiger partial charge in [-0.05, 0) is 45.1 Å². The van der Waals surface area contributed by atoms with Gasteiger partial charge < -0.3 is 4.90 Å². The Labute approximate surface area is 169 Å². The van der Waals surface area contributed by atoms with Gasteiger partial charge in [-0.25, -0.2) is 8.78 Å². The SMILES string of the molecule is C.CCC(=O)[C@](C[C@H](C)N(C)C)(c1ccccc1)c1cc(Br)cc(F)c1F. The van der Waals surface area contributed by atoms with Gasteiger partial charge >= 0.3 is 0 Å². The summed E-state index contributed by atoms with van der Waals surface area (Å²) in [7, 11) is 3.82. The lowest BCUT2D eigenvalue weighted by atomic mass is 9.66. The zero-order valence-corrected chi connectivity index (χ0v) is 17.1. The Morgan fingerprint density at radius 2 is 1.78 bits per heavy atom. The molecule has 0 N–H and O–H groups in total. The topological polar surface area (TPSA) is 20.3 Å². The molecule has 0 unspecified atom stereocenters. The summed E-state index contributed by atoms with van der Waals surface area (Å²) in [5.41, 5.74) is -0.498. The van der Waals surface area contributed by atoms with E-state index in [-0.39, 0.29) is 31.2 Å². The standard InChI is InChI=1S/C21H24BrF2NO.CH4/c1-5-19(26)21(13-14(2)25(3)4,15-9-7-6-8-10-15)17-11-16(22)12-18(23)20(17)24;/h6-12,14H,5,13H2,1-4H3;1H4/t14-,21+;/m0./s1. The lowest BCUT2D eigenvalue weighted by molar-refractivity contribution is -0.123. The van der Waals surface area contributed by atoms with Crippen molar-refractivity contribution in [2.45, 2.75) is 45.6 Å². The molecule has 0 aliphatic carbocycles. The Kier molecular flexibility index (Phi) is 8.30. The quantitative estimate of drug-likeness (QED) is 0.495. The van der Waals surface area contributed by atoms with Crippen LogP contribution in [0.3, 0.4) is 0 Å². The van der Waals surface area contributed by atoms with Crippen molar-refractivity contribution in [1.29, 1.82) is 0 Å². The third kappa shape index (κ3) is 4.64. The summed E-state index contributed by atoms with van der Waals surface area (Å²) in [6, 6.07) is 11.7. The van der Waals surface area contributed by atoms with E-state index in [9.17, 15) is 13.6 Å². The molecule has 0 saturated heterocycles. The number of ketones is 1. The molecule has 0 fully saturated rings. The van der Waals surface area contributed by atoms with Gasteiger partial charge in [0.05, 0.1) is 5.41 Å². The van der Waals surface area contributed by atoms with Crippen molar-refractivity contribution in [2.24, 2.45) is 0 Å². The Morgan fingerprint density at radius 3 is 2.30 bits per heavy atom. The van der Waals surface area contributed by atoms with Crippen LogP contribution in [0, 0.1) is 11.6 Å². The summed E-state index contributed by atoms with van der Waals surface area (Å²) in [4.78, 5) is 15.2. The van der Waals surface area contributed by atoms with Gasteiger partial charge in [-0.2, -0.15) is 0 Å². The minimum Gasteiger partial charge on any atom is -0.307 e. The molecule has 0 aliphatic rings. The maximum absolute atomic E-state index is 14.9. The van der Waals surface area contributed by atoms with Crippen molar-refractivity contribution < 1.29 is 13.6 Å². The summed E-state index contributed by atoms with van der Waals surface area (Å²) in [6.45, 7) is 3.74. The maximum Gasteiger partial charge on any atom is 0.163 e. The normalized spacial score (nSPS) is 14.4. The van der Waals surface area contributed by atoms with E-state index in [2.05, 4.69) is 15.9 Å². The van der Waals surface area contributed by atoms with Gasteiger partial charge in [0.1, 0.15) is 5.78 Å². The number of carbonyl (C=O) groups excluding carboxylic acids is 1. The zero-order chi connectivity index (χ0) is 19.5. The number of benzene rings is 2. The second-order valence-corrected chi connectivity index (χ2v) is 7.73. The molecular weight excluding hydrogens is 412 g/mol. The molecule has 2 atom stereocenters. The number of halogens is 3. The first kappa shape index (κ1) is 23.4. The maximum atomic E-state index is 14.9. The van der Waals surface area contributed by atoms with Crippen molar-refractivity contribution in [2.75, 3.05) is 14.1 Å². The molecule has 27 heavy (non-hydrogen) atoms. The van der Waals surface area contributed by atoms with E-state index in [0.29, 0.717) is 16.5 Å². The van der Waals surface area contributed by atoms with E-state index in [1.54, 1.807) is 6.92 Å². The number of Topliss-reactive ketones (excluding diaryl/α,β-unsaturated/α-hetero) is 1. The Hall–Kier alpha value is -1.59. The summed E-state index contributed by atoms with van der Waals surface area (Å²) in [5.74, 6) is -2.06. The molecule has 0 aliphatic heterocycles. The van der Waals surface area contributed by atoms with E-state index in [4.69, 9.17) is 0 Å². The van der Waals surface area contributed by atoms with Crippen molar-refractivity contribution >= 4 is 21.7 Å². The molecule has 0 saturated carbocycles. The number of nitrogens with zero attached hydrogens (tertiary/aromatic N) is 1. The van der Waals surface area contributed by atoms with Crippen LogP contribution in [0.25, 0.3) is 0 Å². The molecule has 2 rings (SSSR count). The lowest BCUT2D eigenvalue weighted by Crippen LogP contribution is -2.43. The van der Waals surface area contributed by atoms with Crippen LogP contribution in [-0.4, -0.2) is 30.8 Å². The molecular formula is C22H28BrF2NO. The fourth-order valence-corrected chi connectivity index (χ4v) is 3.75. The molecule has 0 spiro atoms. The van der Waals surface area contributed by atoms with E-state index >= 15 is 0 Å². The molecule has 2 aromatic carbocycles. The van der Waals surface area contributed by atoms with Crippen LogP contribution < -0.4 is 0 Å². The van der Waals surface area contributed by atoms with Gasteiger partial charge in [0.2, 0.25) is 0 Å². The van der Waals surface area contributed by atoms with E-state index in [1.807, 2.05) is 56.3 Å². The second kappa shape index (κ2) is 9.56. The number of hydrogen-bond donors (Lipinski definition) is 0. The van der Waals surface area contributed by atoms with Gasteiger partial charge in [0.25, 0.3) is 0 Å². The highest BCUT2D eigenvalue weighted by Crippen LogP contribution is 2.42. The van der Waals surface area contributed by atoms with Crippen LogP contribution in [0.4, 0.5) is 8.78 Å². The average Bonchev–Trinajstić information content (AvgIpc) is 2.62. The molecule has 0 amide bonds. The highest BCUT2D eigenvalue weighted by Gasteiger charge is 2.44. The van der Waals surface area contributed by atoms with Crippen molar-refractivity contribution in [3.63, 3.8) is 0 Å². The molecule has 5 heteroatoms. The summed E-state index contributed by atoms with van der Waals surface area (Å²) in [6.07, 6.45) is 0.576. The van der Waals surface area contributed by atoms with Gasteiger partial charge in [-0.1, -0.05) is 60.6 Å². The fourth-order valence-electron chi connectivity index (χ4n) is 3.33. The molecule has 148 valence electrons. The second-order valence-electron chi connectivity index (χ2n) is 6.81. The minimum atomic E-state index is -1.26. The van der Waals surface area contributed by atoms with Crippen LogP contribution >= 0.6 is 15.9 Å². The van der Waals surface area contributed by atoms with Crippen molar-refractivity contribution in [1.82, 2.24) is 4.90 Å². The molecule has 2 aromatic rings. The largest absolute Gasteiger partial charge is 0.307 e. The number of rotatable bonds is 7. The monoisotopic (exact) mass is 439 g/mol. The molecule has 0 radical (unpaired) electrons. The molecule has 2 nitrogen and oxygen atoms in total. The van der Waals surface area contributed by atoms with Crippen molar-refractivity contribution in [3.8, 4) is 0 Å². The first-order valence-electron chi connectivity index (χ1n) is 8.64. The van der Waals surface area contributed by atoms with Gasteiger partial charge in [0.15, 0.2) is 11.6 Å². The predicted octanol–water partition coefficient (Wildman–Crippen LogP) is 5.97. The Balaban J connectivity index is 0.00000364. The Bertz CT molecular complexity index is 779. The van der Waals surface area contributed by atoms with Crippen molar-refractivity contribution in [3.05, 3.63) is 69.7 Å². The average molecular weight is 440 g/mol. The van der Waals surface area contributed by atoms with Crippen LogP contribution in [-0.2, 0) is 10.2 Å². The highest BCUT2D eigenvalue weighted by molar-refractivity contribution is 9.10. The molecule has 0 bridgehead atoms. The Morgan fingerprint density at radius 1 is 1.19 bits per heavy atom. The first-order chi connectivity index (χ1) is 12.2. The van der Waals surface area contributed by atoms with E-state index in [1.165, 1.54) is 6.07 Å². The molecule has 0 aromatic heterocycles. The van der Waals surface area contributed by atoms with Gasteiger partial charge in [0, 0.05) is 22.5 Å². The fraction of sp³-hybridized carbons (Fsp3) is 0.409. The lowest BCUT2D eigenvalue weighted by Gasteiger charge is -2.38. The van der Waals surface area contributed by atoms with Gasteiger partial charge in [-0.15, -0.1) is 0 Å². The van der Waals surface area contributed by atoms with Crippen LogP contribution in [0.1, 0.15) is 45.2 Å². The predicted molar refractivity (Wildman–Crippen MR) is 111 cm³/mol.